The van der Waals surface area contributed by atoms with E-state index >= 15 is 0 Å². The number of allylic oxidation sites excluding steroid dienone is 3. The van der Waals surface area contributed by atoms with Gasteiger partial charge in [-0.3, -0.25) is 0 Å². The van der Waals surface area contributed by atoms with E-state index < -0.39 is 0 Å². The minimum absolute atomic E-state index is 0.0291. The van der Waals surface area contributed by atoms with Crippen LogP contribution in [0.5, 0.6) is 0 Å². The Morgan fingerprint density at radius 2 is 2.11 bits per heavy atom. The number of nitrogens with zero attached hydrogens (tertiary/aromatic N) is 2. The number of nitriles is 1. The molecule has 1 fully saturated rings. The molecule has 0 atom stereocenters. The molecule has 2 N–H and O–H groups in total. The van der Waals surface area contributed by atoms with E-state index in [9.17, 15) is 0 Å². The molecule has 18 heavy (non-hydrogen) atoms. The third kappa shape index (κ3) is 5.07. The summed E-state index contributed by atoms with van der Waals surface area (Å²) in [6.45, 7) is 6.39. The molecule has 0 unspecified atom stereocenters. The molecule has 0 spiro atoms. The maximum Gasteiger partial charge on any atom is 0.101 e. The number of aliphatic hydroxyl groups is 1. The number of likely N-dealkylation sites (tertiary alicyclic amines) is 1. The number of piperidine rings is 1. The topological polar surface area (TPSA) is 59.3 Å². The van der Waals surface area contributed by atoms with Crippen LogP contribution in [0.1, 0.15) is 19.3 Å². The molecule has 4 heteroatoms. The first-order chi connectivity index (χ1) is 8.77. The van der Waals surface area contributed by atoms with E-state index in [-0.39, 0.29) is 6.61 Å². The van der Waals surface area contributed by atoms with Gasteiger partial charge in [-0.05, 0) is 37.6 Å². The van der Waals surface area contributed by atoms with Gasteiger partial charge in [-0.25, -0.2) is 0 Å². The molecular weight excluding hydrogens is 226 g/mol. The molecule has 0 radical (unpaired) electrons. The molecule has 1 saturated heterocycles. The highest BCUT2D eigenvalue weighted by Crippen LogP contribution is 2.09. The van der Waals surface area contributed by atoms with Gasteiger partial charge in [0.05, 0.1) is 12.2 Å². The van der Waals surface area contributed by atoms with Gasteiger partial charge in [0, 0.05) is 25.3 Å². The maximum atomic E-state index is 9.00. The third-order valence-corrected chi connectivity index (χ3v) is 2.85. The first kappa shape index (κ1) is 14.3. The van der Waals surface area contributed by atoms with E-state index in [2.05, 4.69) is 22.9 Å². The molecule has 1 heterocycles. The molecule has 0 saturated carbocycles. The smallest absolute Gasteiger partial charge is 0.101 e. The second kappa shape index (κ2) is 8.37. The van der Waals surface area contributed by atoms with Crippen molar-refractivity contribution in [2.24, 2.45) is 0 Å². The standard InChI is InChI=1S/C14H21N3O/c1-13(16-7-11-18)14(12-15)6-5-10-17-8-3-2-4-9-17/h5-6,10,16,18H,1-4,7-9,11H2/b10-5+,14-6+. The lowest BCUT2D eigenvalue weighted by Gasteiger charge is -2.24. The van der Waals surface area contributed by atoms with Crippen molar-refractivity contribution >= 4 is 0 Å². The molecule has 1 aliphatic heterocycles. The summed E-state index contributed by atoms with van der Waals surface area (Å²) in [7, 11) is 0. The van der Waals surface area contributed by atoms with E-state index in [1.165, 1.54) is 19.3 Å². The summed E-state index contributed by atoms with van der Waals surface area (Å²) >= 11 is 0. The van der Waals surface area contributed by atoms with Crippen LogP contribution in [-0.2, 0) is 0 Å². The van der Waals surface area contributed by atoms with E-state index in [1.807, 2.05) is 12.3 Å². The van der Waals surface area contributed by atoms with Gasteiger partial charge in [0.15, 0.2) is 0 Å². The van der Waals surface area contributed by atoms with Crippen molar-refractivity contribution in [2.45, 2.75) is 19.3 Å². The zero-order valence-corrected chi connectivity index (χ0v) is 10.7. The molecule has 1 rings (SSSR count). The van der Waals surface area contributed by atoms with Gasteiger partial charge < -0.3 is 15.3 Å². The number of hydrogen-bond donors (Lipinski definition) is 2. The summed E-state index contributed by atoms with van der Waals surface area (Å²) in [6.07, 6.45) is 9.45. The molecule has 0 bridgehead atoms. The summed E-state index contributed by atoms with van der Waals surface area (Å²) in [4.78, 5) is 2.26. The van der Waals surface area contributed by atoms with Crippen LogP contribution < -0.4 is 5.32 Å². The Bertz CT molecular complexity index is 360. The summed E-state index contributed by atoms with van der Waals surface area (Å²) in [5.41, 5.74) is 1.05. The van der Waals surface area contributed by atoms with Crippen LogP contribution in [-0.4, -0.2) is 36.2 Å². The van der Waals surface area contributed by atoms with E-state index in [1.54, 1.807) is 6.08 Å². The molecule has 0 aromatic rings. The van der Waals surface area contributed by atoms with Crippen molar-refractivity contribution in [3.8, 4) is 6.07 Å². The van der Waals surface area contributed by atoms with E-state index in [4.69, 9.17) is 10.4 Å². The summed E-state index contributed by atoms with van der Waals surface area (Å²) in [5, 5.41) is 20.6. The Labute approximate surface area is 109 Å². The highest BCUT2D eigenvalue weighted by atomic mass is 16.3. The van der Waals surface area contributed by atoms with Crippen LogP contribution in [0.3, 0.4) is 0 Å². The van der Waals surface area contributed by atoms with Gasteiger partial charge in [-0.15, -0.1) is 0 Å². The molecule has 0 aromatic carbocycles. The average Bonchev–Trinajstić information content (AvgIpc) is 2.42. The predicted molar refractivity (Wildman–Crippen MR) is 72.5 cm³/mol. The Balaban J connectivity index is 2.48. The fourth-order valence-corrected chi connectivity index (χ4v) is 1.84. The predicted octanol–water partition coefficient (Wildman–Crippen LogP) is 1.53. The van der Waals surface area contributed by atoms with Crippen molar-refractivity contribution in [3.63, 3.8) is 0 Å². The van der Waals surface area contributed by atoms with Crippen molar-refractivity contribution in [1.82, 2.24) is 10.2 Å². The van der Waals surface area contributed by atoms with Crippen molar-refractivity contribution < 1.29 is 5.11 Å². The minimum Gasteiger partial charge on any atom is -0.395 e. The molecule has 1 aliphatic rings. The van der Waals surface area contributed by atoms with Gasteiger partial charge in [0.2, 0.25) is 0 Å². The fourth-order valence-electron chi connectivity index (χ4n) is 1.84. The minimum atomic E-state index is 0.0291. The summed E-state index contributed by atoms with van der Waals surface area (Å²) in [5.74, 6) is 0. The number of aliphatic hydroxyl groups excluding tert-OH is 1. The lowest BCUT2D eigenvalue weighted by Crippen LogP contribution is -2.24. The number of hydrogen-bond acceptors (Lipinski definition) is 4. The maximum absolute atomic E-state index is 9.00. The lowest BCUT2D eigenvalue weighted by molar-refractivity contribution is 0.297. The molecular formula is C14H21N3O. The molecule has 4 nitrogen and oxygen atoms in total. The molecule has 0 aromatic heterocycles. The largest absolute Gasteiger partial charge is 0.395 e. The normalized spacial score (nSPS) is 16.7. The lowest BCUT2D eigenvalue weighted by atomic mass is 10.1. The van der Waals surface area contributed by atoms with Gasteiger partial charge in [0.1, 0.15) is 6.07 Å². The van der Waals surface area contributed by atoms with Crippen molar-refractivity contribution in [3.05, 3.63) is 36.2 Å². The zero-order valence-electron chi connectivity index (χ0n) is 10.7. The average molecular weight is 247 g/mol. The Hall–Kier alpha value is -1.73. The van der Waals surface area contributed by atoms with Crippen LogP contribution in [0.4, 0.5) is 0 Å². The Kier molecular flexibility index (Phi) is 6.67. The summed E-state index contributed by atoms with van der Waals surface area (Å²) < 4.78 is 0. The van der Waals surface area contributed by atoms with E-state index in [0.29, 0.717) is 17.8 Å². The van der Waals surface area contributed by atoms with Gasteiger partial charge in [-0.2, -0.15) is 5.26 Å². The Morgan fingerprint density at radius 1 is 1.39 bits per heavy atom. The quantitative estimate of drug-likeness (QED) is 0.552. The molecule has 98 valence electrons. The van der Waals surface area contributed by atoms with Gasteiger partial charge in [-0.1, -0.05) is 6.58 Å². The highest BCUT2D eigenvalue weighted by Gasteiger charge is 2.04. The number of rotatable bonds is 6. The zero-order chi connectivity index (χ0) is 13.2. The SMILES string of the molecule is C=C(NCCO)/C(C#N)=C/C=C/N1CCCCC1. The monoisotopic (exact) mass is 247 g/mol. The van der Waals surface area contributed by atoms with Crippen molar-refractivity contribution in [2.75, 3.05) is 26.2 Å². The highest BCUT2D eigenvalue weighted by molar-refractivity contribution is 5.41. The van der Waals surface area contributed by atoms with E-state index in [0.717, 1.165) is 13.1 Å². The summed E-state index contributed by atoms with van der Waals surface area (Å²) in [6, 6.07) is 2.10. The van der Waals surface area contributed by atoms with Gasteiger partial charge in [0.25, 0.3) is 0 Å². The molecule has 0 amide bonds. The van der Waals surface area contributed by atoms with Crippen LogP contribution in [0.15, 0.2) is 36.2 Å². The first-order valence-corrected chi connectivity index (χ1v) is 6.34. The van der Waals surface area contributed by atoms with Crippen LogP contribution in [0, 0.1) is 11.3 Å². The fraction of sp³-hybridized carbons (Fsp3) is 0.500. The van der Waals surface area contributed by atoms with Crippen molar-refractivity contribution in [1.29, 1.82) is 5.26 Å². The van der Waals surface area contributed by atoms with Crippen LogP contribution in [0.25, 0.3) is 0 Å². The third-order valence-electron chi connectivity index (χ3n) is 2.85. The van der Waals surface area contributed by atoms with Gasteiger partial charge >= 0.3 is 0 Å². The Morgan fingerprint density at radius 3 is 2.72 bits per heavy atom. The van der Waals surface area contributed by atoms with Crippen LogP contribution >= 0.6 is 0 Å². The van der Waals surface area contributed by atoms with Crippen LogP contribution in [0.2, 0.25) is 0 Å². The first-order valence-electron chi connectivity index (χ1n) is 6.34. The second-order valence-corrected chi connectivity index (χ2v) is 4.26. The molecule has 0 aliphatic carbocycles. The second-order valence-electron chi connectivity index (χ2n) is 4.26. The number of nitrogens with one attached hydrogen (secondary N) is 1.